The predicted octanol–water partition coefficient (Wildman–Crippen LogP) is 4.06. The third-order valence-electron chi connectivity index (χ3n) is 4.66. The minimum atomic E-state index is -0.812. The van der Waals surface area contributed by atoms with Crippen molar-refractivity contribution in [1.29, 1.82) is 5.26 Å². The Labute approximate surface area is 115 Å². The van der Waals surface area contributed by atoms with Gasteiger partial charge in [-0.2, -0.15) is 5.26 Å². The monoisotopic (exact) mass is 261 g/mol. The highest BCUT2D eigenvalue weighted by atomic mass is 16.4. The van der Waals surface area contributed by atoms with Crippen LogP contribution in [0.3, 0.4) is 0 Å². The molecule has 1 aliphatic rings. The Morgan fingerprint density at radius 1 is 1.42 bits per heavy atom. The minimum Gasteiger partial charge on any atom is -0.467 e. The zero-order valence-electron chi connectivity index (χ0n) is 12.0. The summed E-state index contributed by atoms with van der Waals surface area (Å²) in [4.78, 5) is 0. The van der Waals surface area contributed by atoms with Gasteiger partial charge in [0.05, 0.1) is 17.7 Å². The molecule has 1 aliphatic carbocycles. The minimum absolute atomic E-state index is 0.275. The van der Waals surface area contributed by atoms with Crippen molar-refractivity contribution in [3.63, 3.8) is 0 Å². The summed E-state index contributed by atoms with van der Waals surface area (Å²) in [6, 6.07) is 5.87. The number of aliphatic hydroxyl groups excluding tert-OH is 1. The Kier molecular flexibility index (Phi) is 3.73. The molecule has 1 atom stereocenters. The molecule has 0 saturated heterocycles. The molecule has 1 fully saturated rings. The Bertz CT molecular complexity index is 442. The van der Waals surface area contributed by atoms with E-state index in [2.05, 4.69) is 26.8 Å². The van der Waals surface area contributed by atoms with Crippen LogP contribution >= 0.6 is 0 Å². The largest absolute Gasteiger partial charge is 0.467 e. The molecule has 19 heavy (non-hydrogen) atoms. The molecule has 0 bridgehead atoms. The SMILES string of the molecule is CC(C)(C)C1CCC(C#N)(C(O)c2ccco2)CC1. The first kappa shape index (κ1) is 14.1. The molecule has 1 N–H and O–H groups in total. The van der Waals surface area contributed by atoms with Gasteiger partial charge in [0.1, 0.15) is 11.9 Å². The Morgan fingerprint density at radius 3 is 2.47 bits per heavy atom. The maximum absolute atomic E-state index is 10.5. The van der Waals surface area contributed by atoms with E-state index in [9.17, 15) is 10.4 Å². The van der Waals surface area contributed by atoms with Crippen LogP contribution in [0.5, 0.6) is 0 Å². The number of aliphatic hydroxyl groups is 1. The van der Waals surface area contributed by atoms with Crippen LogP contribution < -0.4 is 0 Å². The van der Waals surface area contributed by atoms with Crippen LogP contribution in [0.1, 0.15) is 58.3 Å². The van der Waals surface area contributed by atoms with Crippen LogP contribution in [0.4, 0.5) is 0 Å². The van der Waals surface area contributed by atoms with Gasteiger partial charge in [-0.15, -0.1) is 0 Å². The molecule has 1 aromatic rings. The lowest BCUT2D eigenvalue weighted by molar-refractivity contribution is -0.00374. The molecule has 104 valence electrons. The molecule has 3 heteroatoms. The molecule has 0 amide bonds. The first-order valence-corrected chi connectivity index (χ1v) is 7.02. The quantitative estimate of drug-likeness (QED) is 0.873. The summed E-state index contributed by atoms with van der Waals surface area (Å²) in [5.74, 6) is 1.13. The van der Waals surface area contributed by atoms with Gasteiger partial charge in [0.25, 0.3) is 0 Å². The molecule has 0 radical (unpaired) electrons. The third kappa shape index (κ3) is 2.69. The molecule has 1 heterocycles. The topological polar surface area (TPSA) is 57.2 Å². The van der Waals surface area contributed by atoms with Crippen LogP contribution in [0.25, 0.3) is 0 Å². The molecule has 1 unspecified atom stereocenters. The van der Waals surface area contributed by atoms with Crippen molar-refractivity contribution in [3.05, 3.63) is 24.2 Å². The Morgan fingerprint density at radius 2 is 2.05 bits per heavy atom. The Hall–Kier alpha value is -1.27. The van der Waals surface area contributed by atoms with E-state index in [1.807, 2.05) is 0 Å². The van der Waals surface area contributed by atoms with Gasteiger partial charge >= 0.3 is 0 Å². The Balaban J connectivity index is 2.13. The maximum Gasteiger partial charge on any atom is 0.133 e. The van der Waals surface area contributed by atoms with E-state index in [4.69, 9.17) is 4.42 Å². The summed E-state index contributed by atoms with van der Waals surface area (Å²) in [6.07, 6.45) is 4.21. The fraction of sp³-hybridized carbons (Fsp3) is 0.688. The molecule has 0 aliphatic heterocycles. The molecule has 0 aromatic carbocycles. The van der Waals surface area contributed by atoms with Gasteiger partial charge < -0.3 is 9.52 Å². The van der Waals surface area contributed by atoms with E-state index < -0.39 is 11.5 Å². The number of hydrogen-bond donors (Lipinski definition) is 1. The van der Waals surface area contributed by atoms with E-state index in [-0.39, 0.29) is 5.41 Å². The summed E-state index contributed by atoms with van der Waals surface area (Å²) in [7, 11) is 0. The fourth-order valence-electron chi connectivity index (χ4n) is 3.16. The van der Waals surface area contributed by atoms with E-state index in [0.717, 1.165) is 25.7 Å². The summed E-state index contributed by atoms with van der Waals surface area (Å²) < 4.78 is 5.27. The van der Waals surface area contributed by atoms with Gasteiger partial charge in [0.2, 0.25) is 0 Å². The summed E-state index contributed by atoms with van der Waals surface area (Å²) in [6.45, 7) is 6.75. The fourth-order valence-corrected chi connectivity index (χ4v) is 3.16. The van der Waals surface area contributed by atoms with E-state index in [1.165, 1.54) is 0 Å². The zero-order valence-corrected chi connectivity index (χ0v) is 12.0. The van der Waals surface area contributed by atoms with Gasteiger partial charge in [-0.25, -0.2) is 0 Å². The number of nitriles is 1. The lowest BCUT2D eigenvalue weighted by Gasteiger charge is -2.42. The molecule has 1 aromatic heterocycles. The maximum atomic E-state index is 10.5. The van der Waals surface area contributed by atoms with Crippen LogP contribution in [0, 0.1) is 28.1 Å². The molecule has 0 spiro atoms. The molecule has 1 saturated carbocycles. The van der Waals surface area contributed by atoms with Crippen LogP contribution in [-0.4, -0.2) is 5.11 Å². The summed E-state index contributed by atoms with van der Waals surface area (Å²) in [5.41, 5.74) is -0.406. The standard InChI is InChI=1S/C16H23NO2/c1-15(2,3)12-6-8-16(11-17,9-7-12)14(18)13-5-4-10-19-13/h4-5,10,12,14,18H,6-9H2,1-3H3. The van der Waals surface area contributed by atoms with Gasteiger partial charge in [-0.3, -0.25) is 0 Å². The smallest absolute Gasteiger partial charge is 0.133 e. The second kappa shape index (κ2) is 5.02. The first-order chi connectivity index (χ1) is 8.89. The molecule has 2 rings (SSSR count). The van der Waals surface area contributed by atoms with Crippen molar-refractivity contribution in [2.75, 3.05) is 0 Å². The number of hydrogen-bond acceptors (Lipinski definition) is 3. The highest BCUT2D eigenvalue weighted by Gasteiger charge is 2.45. The van der Waals surface area contributed by atoms with Crippen molar-refractivity contribution < 1.29 is 9.52 Å². The highest BCUT2D eigenvalue weighted by molar-refractivity contribution is 5.15. The van der Waals surface area contributed by atoms with E-state index in [0.29, 0.717) is 11.7 Å². The lowest BCUT2D eigenvalue weighted by Crippen LogP contribution is -2.35. The average Bonchev–Trinajstić information content (AvgIpc) is 2.90. The van der Waals surface area contributed by atoms with Crippen LogP contribution in [0.15, 0.2) is 22.8 Å². The van der Waals surface area contributed by atoms with Gasteiger partial charge in [0.15, 0.2) is 0 Å². The molecular formula is C16H23NO2. The van der Waals surface area contributed by atoms with E-state index >= 15 is 0 Å². The summed E-state index contributed by atoms with van der Waals surface area (Å²) >= 11 is 0. The van der Waals surface area contributed by atoms with Crippen molar-refractivity contribution >= 4 is 0 Å². The number of rotatable bonds is 2. The predicted molar refractivity (Wildman–Crippen MR) is 73.1 cm³/mol. The number of furan rings is 1. The molecule has 3 nitrogen and oxygen atoms in total. The van der Waals surface area contributed by atoms with Crippen LogP contribution in [-0.2, 0) is 0 Å². The second-order valence-corrected chi connectivity index (χ2v) is 6.83. The number of nitrogens with zero attached hydrogens (tertiary/aromatic N) is 1. The van der Waals surface area contributed by atoms with Crippen molar-refractivity contribution in [1.82, 2.24) is 0 Å². The van der Waals surface area contributed by atoms with Crippen molar-refractivity contribution in [2.24, 2.45) is 16.7 Å². The van der Waals surface area contributed by atoms with Gasteiger partial charge in [-0.1, -0.05) is 20.8 Å². The lowest BCUT2D eigenvalue weighted by atomic mass is 9.62. The van der Waals surface area contributed by atoms with Crippen LogP contribution in [0.2, 0.25) is 0 Å². The first-order valence-electron chi connectivity index (χ1n) is 7.02. The van der Waals surface area contributed by atoms with Gasteiger partial charge in [0, 0.05) is 0 Å². The molecular weight excluding hydrogens is 238 g/mol. The zero-order chi connectivity index (χ0) is 14.1. The summed E-state index contributed by atoms with van der Waals surface area (Å²) in [5, 5.41) is 20.0. The third-order valence-corrected chi connectivity index (χ3v) is 4.66. The highest BCUT2D eigenvalue weighted by Crippen LogP contribution is 2.50. The average molecular weight is 261 g/mol. The van der Waals surface area contributed by atoms with Crippen molar-refractivity contribution in [2.45, 2.75) is 52.6 Å². The second-order valence-electron chi connectivity index (χ2n) is 6.83. The van der Waals surface area contributed by atoms with Crippen molar-refractivity contribution in [3.8, 4) is 6.07 Å². The normalized spacial score (nSPS) is 29.7. The van der Waals surface area contributed by atoms with Gasteiger partial charge in [-0.05, 0) is 49.1 Å². The van der Waals surface area contributed by atoms with E-state index in [1.54, 1.807) is 18.4 Å².